The molecule has 0 aromatic carbocycles. The molecule has 0 spiro atoms. The van der Waals surface area contributed by atoms with Crippen LogP contribution in [0.5, 0.6) is 0 Å². The van der Waals surface area contributed by atoms with Crippen molar-refractivity contribution in [2.45, 2.75) is 18.8 Å². The summed E-state index contributed by atoms with van der Waals surface area (Å²) in [5, 5.41) is 17.2. The van der Waals surface area contributed by atoms with Crippen molar-refractivity contribution in [1.82, 2.24) is 4.98 Å². The summed E-state index contributed by atoms with van der Waals surface area (Å²) < 4.78 is 13.3. The molecule has 0 unspecified atom stereocenters. The minimum atomic E-state index is -1.18. The highest BCUT2D eigenvalue weighted by Crippen LogP contribution is 2.23. The van der Waals surface area contributed by atoms with Crippen LogP contribution in [-0.2, 0) is 9.59 Å². The van der Waals surface area contributed by atoms with Gasteiger partial charge in [-0.1, -0.05) is 0 Å². The third-order valence-corrected chi connectivity index (χ3v) is 2.02. The summed E-state index contributed by atoms with van der Waals surface area (Å²) >= 11 is 0. The first-order valence-corrected chi connectivity index (χ1v) is 4.54. The smallest absolute Gasteiger partial charge is 0.304 e. The van der Waals surface area contributed by atoms with Crippen molar-refractivity contribution >= 4 is 11.9 Å². The Labute approximate surface area is 90.6 Å². The average molecular weight is 227 g/mol. The summed E-state index contributed by atoms with van der Waals surface area (Å²) in [5.41, 5.74) is -0.118. The lowest BCUT2D eigenvalue weighted by Crippen LogP contribution is -2.13. The van der Waals surface area contributed by atoms with Gasteiger partial charge in [-0.3, -0.25) is 14.6 Å². The van der Waals surface area contributed by atoms with E-state index in [0.29, 0.717) is 0 Å². The molecule has 0 saturated heterocycles. The maximum atomic E-state index is 13.3. The Bertz CT molecular complexity index is 392. The van der Waals surface area contributed by atoms with Gasteiger partial charge in [-0.15, -0.1) is 0 Å². The molecule has 1 aromatic rings. The zero-order chi connectivity index (χ0) is 12.1. The lowest BCUT2D eigenvalue weighted by Gasteiger charge is -2.12. The fourth-order valence-electron chi connectivity index (χ4n) is 1.39. The lowest BCUT2D eigenvalue weighted by molar-refractivity contribution is -0.139. The van der Waals surface area contributed by atoms with Gasteiger partial charge in [0.25, 0.3) is 0 Å². The summed E-state index contributed by atoms with van der Waals surface area (Å²) in [6.45, 7) is 0. The van der Waals surface area contributed by atoms with Crippen LogP contribution in [-0.4, -0.2) is 27.1 Å². The van der Waals surface area contributed by atoms with E-state index in [1.807, 2.05) is 0 Å². The second kappa shape index (κ2) is 5.20. The number of hydrogen-bond acceptors (Lipinski definition) is 3. The standard InChI is InChI=1S/C10H10FNO4/c11-7-2-1-3-12-10(7)6(4-8(13)14)5-9(15)16/h1-3,6H,4-5H2,(H,13,14)(H,15,16). The Kier molecular flexibility index (Phi) is 3.93. The number of nitrogens with zero attached hydrogens (tertiary/aromatic N) is 1. The number of aromatic nitrogens is 1. The zero-order valence-electron chi connectivity index (χ0n) is 8.26. The van der Waals surface area contributed by atoms with Crippen molar-refractivity contribution < 1.29 is 24.2 Å². The van der Waals surface area contributed by atoms with E-state index in [-0.39, 0.29) is 5.69 Å². The second-order valence-corrected chi connectivity index (χ2v) is 3.26. The normalized spacial score (nSPS) is 10.4. The number of carboxylic acid groups (broad SMARTS) is 2. The molecule has 0 aliphatic carbocycles. The molecule has 86 valence electrons. The molecule has 2 N–H and O–H groups in total. The van der Waals surface area contributed by atoms with Gasteiger partial charge in [0.1, 0.15) is 5.82 Å². The van der Waals surface area contributed by atoms with Gasteiger partial charge < -0.3 is 10.2 Å². The number of halogens is 1. The number of carboxylic acids is 2. The Morgan fingerprint density at radius 2 is 1.88 bits per heavy atom. The monoisotopic (exact) mass is 227 g/mol. The summed E-state index contributed by atoms with van der Waals surface area (Å²) in [6, 6.07) is 2.48. The van der Waals surface area contributed by atoms with E-state index in [1.54, 1.807) is 0 Å². The van der Waals surface area contributed by atoms with Crippen LogP contribution in [0.4, 0.5) is 4.39 Å². The maximum absolute atomic E-state index is 13.3. The van der Waals surface area contributed by atoms with Gasteiger partial charge in [-0.2, -0.15) is 0 Å². The number of aliphatic carboxylic acids is 2. The molecule has 16 heavy (non-hydrogen) atoms. The molecule has 6 heteroatoms. The van der Waals surface area contributed by atoms with Crippen LogP contribution in [0.1, 0.15) is 24.5 Å². The van der Waals surface area contributed by atoms with Crippen LogP contribution in [0, 0.1) is 5.82 Å². The molecule has 0 bridgehead atoms. The molecule has 0 fully saturated rings. The highest BCUT2D eigenvalue weighted by Gasteiger charge is 2.22. The van der Waals surface area contributed by atoms with E-state index in [2.05, 4.69) is 4.98 Å². The topological polar surface area (TPSA) is 87.5 Å². The Hall–Kier alpha value is -1.98. The zero-order valence-corrected chi connectivity index (χ0v) is 8.26. The average Bonchev–Trinajstić information content (AvgIpc) is 2.15. The number of hydrogen-bond donors (Lipinski definition) is 2. The first-order chi connectivity index (χ1) is 7.50. The van der Waals surface area contributed by atoms with Gasteiger partial charge in [0, 0.05) is 12.1 Å². The molecular weight excluding hydrogens is 217 g/mol. The molecule has 1 heterocycles. The van der Waals surface area contributed by atoms with Gasteiger partial charge in [0.15, 0.2) is 0 Å². The predicted molar refractivity (Wildman–Crippen MR) is 51.4 cm³/mol. The van der Waals surface area contributed by atoms with Gasteiger partial charge in [-0.25, -0.2) is 4.39 Å². The second-order valence-electron chi connectivity index (χ2n) is 3.26. The first kappa shape index (κ1) is 12.1. The van der Waals surface area contributed by atoms with E-state index in [1.165, 1.54) is 12.3 Å². The molecule has 0 radical (unpaired) electrons. The van der Waals surface area contributed by atoms with E-state index in [4.69, 9.17) is 10.2 Å². The molecule has 0 aliphatic heterocycles. The Balaban J connectivity index is 2.96. The molecule has 1 rings (SSSR count). The molecule has 1 aromatic heterocycles. The fraction of sp³-hybridized carbons (Fsp3) is 0.300. The quantitative estimate of drug-likeness (QED) is 0.790. The minimum Gasteiger partial charge on any atom is -0.481 e. The van der Waals surface area contributed by atoms with E-state index >= 15 is 0 Å². The largest absolute Gasteiger partial charge is 0.481 e. The van der Waals surface area contributed by atoms with Crippen molar-refractivity contribution in [3.05, 3.63) is 29.8 Å². The van der Waals surface area contributed by atoms with Crippen LogP contribution < -0.4 is 0 Å². The SMILES string of the molecule is O=C(O)CC(CC(=O)O)c1ncccc1F. The third-order valence-electron chi connectivity index (χ3n) is 2.02. The highest BCUT2D eigenvalue weighted by molar-refractivity contribution is 5.72. The summed E-state index contributed by atoms with van der Waals surface area (Å²) in [7, 11) is 0. The Morgan fingerprint density at radius 1 is 1.31 bits per heavy atom. The van der Waals surface area contributed by atoms with Crippen molar-refractivity contribution in [2.75, 3.05) is 0 Å². The maximum Gasteiger partial charge on any atom is 0.304 e. The van der Waals surface area contributed by atoms with Crippen molar-refractivity contribution in [1.29, 1.82) is 0 Å². The van der Waals surface area contributed by atoms with Crippen molar-refractivity contribution in [3.8, 4) is 0 Å². The van der Waals surface area contributed by atoms with Gasteiger partial charge in [0.2, 0.25) is 0 Å². The molecule has 0 amide bonds. The van der Waals surface area contributed by atoms with Gasteiger partial charge >= 0.3 is 11.9 Å². The van der Waals surface area contributed by atoms with Crippen LogP contribution in [0.15, 0.2) is 18.3 Å². The van der Waals surface area contributed by atoms with Crippen LogP contribution >= 0.6 is 0 Å². The number of pyridine rings is 1. The predicted octanol–water partition coefficient (Wildman–Crippen LogP) is 1.25. The molecular formula is C10H10FNO4. The number of rotatable bonds is 5. The van der Waals surface area contributed by atoms with E-state index in [9.17, 15) is 14.0 Å². The first-order valence-electron chi connectivity index (χ1n) is 4.54. The summed E-state index contributed by atoms with van der Waals surface area (Å²) in [6.07, 6.45) is 0.385. The minimum absolute atomic E-state index is 0.118. The van der Waals surface area contributed by atoms with Crippen molar-refractivity contribution in [2.24, 2.45) is 0 Å². The van der Waals surface area contributed by atoms with Crippen LogP contribution in [0.2, 0.25) is 0 Å². The molecule has 5 nitrogen and oxygen atoms in total. The number of carbonyl (C=O) groups is 2. The molecule has 0 aliphatic rings. The summed E-state index contributed by atoms with van der Waals surface area (Å²) in [4.78, 5) is 24.7. The van der Waals surface area contributed by atoms with Crippen LogP contribution in [0.25, 0.3) is 0 Å². The summed E-state index contributed by atoms with van der Waals surface area (Å²) in [5.74, 6) is -4.00. The van der Waals surface area contributed by atoms with Crippen LogP contribution in [0.3, 0.4) is 0 Å². The van der Waals surface area contributed by atoms with E-state index in [0.717, 1.165) is 6.07 Å². The lowest BCUT2D eigenvalue weighted by atomic mass is 9.96. The van der Waals surface area contributed by atoms with E-state index < -0.39 is 36.5 Å². The Morgan fingerprint density at radius 3 is 2.31 bits per heavy atom. The fourth-order valence-corrected chi connectivity index (χ4v) is 1.39. The van der Waals surface area contributed by atoms with Crippen molar-refractivity contribution in [3.63, 3.8) is 0 Å². The molecule has 0 atom stereocenters. The highest BCUT2D eigenvalue weighted by atomic mass is 19.1. The van der Waals surface area contributed by atoms with Gasteiger partial charge in [-0.05, 0) is 12.1 Å². The van der Waals surface area contributed by atoms with Gasteiger partial charge in [0.05, 0.1) is 18.5 Å². The molecule has 0 saturated carbocycles. The third kappa shape index (κ3) is 3.30.